The number of amides is 2. The maximum absolute atomic E-state index is 12.1. The summed E-state index contributed by atoms with van der Waals surface area (Å²) >= 11 is 0. The van der Waals surface area contributed by atoms with Crippen LogP contribution in [0.4, 0.5) is 0 Å². The Hall–Kier alpha value is -3.75. The highest BCUT2D eigenvalue weighted by molar-refractivity contribution is 5.92. The Morgan fingerprint density at radius 1 is 1.03 bits per heavy atom. The zero-order valence-electron chi connectivity index (χ0n) is 15.7. The fraction of sp³-hybridized carbons (Fsp3) is 0.250. The van der Waals surface area contributed by atoms with Gasteiger partial charge in [0.2, 0.25) is 6.10 Å². The summed E-state index contributed by atoms with van der Waals surface area (Å²) in [5.74, 6) is -0.354. The van der Waals surface area contributed by atoms with Gasteiger partial charge < -0.3 is 18.9 Å². The van der Waals surface area contributed by atoms with E-state index in [0.717, 1.165) is 0 Å². The molecule has 0 fully saturated rings. The van der Waals surface area contributed by atoms with Crippen LogP contribution in [0, 0.1) is 0 Å². The van der Waals surface area contributed by atoms with Gasteiger partial charge in [-0.15, -0.1) is 0 Å². The minimum atomic E-state index is -0.920. The van der Waals surface area contributed by atoms with Gasteiger partial charge in [0.1, 0.15) is 12.4 Å². The third kappa shape index (κ3) is 5.38. The van der Waals surface area contributed by atoms with Gasteiger partial charge in [-0.25, -0.2) is 4.79 Å². The largest absolute Gasteiger partial charge is 0.494 e. The number of hydrogen-bond acceptors (Lipinski definition) is 7. The summed E-state index contributed by atoms with van der Waals surface area (Å²) in [6, 6.07) is 13.3. The predicted molar refractivity (Wildman–Crippen MR) is 101 cm³/mol. The molecule has 2 aromatic rings. The molecule has 29 heavy (non-hydrogen) atoms. The highest BCUT2D eigenvalue weighted by Crippen LogP contribution is 2.30. The number of esters is 1. The van der Waals surface area contributed by atoms with Gasteiger partial charge in [-0.05, 0) is 43.3 Å². The molecule has 0 unspecified atom stereocenters. The molecule has 3 rings (SSSR count). The molecule has 0 saturated carbocycles. The van der Waals surface area contributed by atoms with Crippen molar-refractivity contribution in [2.75, 3.05) is 19.8 Å². The number of nitrogens with one attached hydrogen (secondary N) is 2. The van der Waals surface area contributed by atoms with Crippen LogP contribution in [0.1, 0.15) is 17.3 Å². The molecule has 9 nitrogen and oxygen atoms in total. The van der Waals surface area contributed by atoms with E-state index in [1.54, 1.807) is 36.4 Å². The van der Waals surface area contributed by atoms with E-state index in [0.29, 0.717) is 23.9 Å². The van der Waals surface area contributed by atoms with Gasteiger partial charge in [-0.2, -0.15) is 0 Å². The van der Waals surface area contributed by atoms with Crippen LogP contribution in [0.5, 0.6) is 17.2 Å². The molecule has 1 heterocycles. The second-order valence-electron chi connectivity index (χ2n) is 5.94. The number of para-hydroxylation sites is 2. The molecule has 1 atom stereocenters. The van der Waals surface area contributed by atoms with Crippen molar-refractivity contribution in [1.82, 2.24) is 10.9 Å². The van der Waals surface area contributed by atoms with E-state index in [-0.39, 0.29) is 12.2 Å². The van der Waals surface area contributed by atoms with Crippen LogP contribution in [0.2, 0.25) is 0 Å². The van der Waals surface area contributed by atoms with Crippen molar-refractivity contribution in [3.05, 3.63) is 54.1 Å². The number of hydrogen-bond donors (Lipinski definition) is 2. The second-order valence-corrected chi connectivity index (χ2v) is 5.94. The Balaban J connectivity index is 1.40. The number of carbonyl (C=O) groups excluding carboxylic acids is 3. The quantitative estimate of drug-likeness (QED) is 0.554. The number of carbonyl (C=O) groups is 3. The summed E-state index contributed by atoms with van der Waals surface area (Å²) in [7, 11) is 0. The molecule has 0 saturated heterocycles. The fourth-order valence-electron chi connectivity index (χ4n) is 2.46. The van der Waals surface area contributed by atoms with Crippen molar-refractivity contribution in [3.8, 4) is 17.2 Å². The summed E-state index contributed by atoms with van der Waals surface area (Å²) in [5.41, 5.74) is 4.66. The Bertz CT molecular complexity index is 883. The van der Waals surface area contributed by atoms with E-state index in [2.05, 4.69) is 10.9 Å². The van der Waals surface area contributed by atoms with E-state index in [1.165, 1.54) is 12.1 Å². The van der Waals surface area contributed by atoms with Crippen LogP contribution < -0.4 is 25.1 Å². The van der Waals surface area contributed by atoms with Crippen LogP contribution in [0.3, 0.4) is 0 Å². The minimum absolute atomic E-state index is 0.00540. The molecule has 0 aliphatic carbocycles. The topological polar surface area (TPSA) is 112 Å². The van der Waals surface area contributed by atoms with Crippen LogP contribution >= 0.6 is 0 Å². The number of fused-ring (bicyclic) bond motifs is 1. The average molecular weight is 400 g/mol. The monoisotopic (exact) mass is 400 g/mol. The molecule has 0 spiro atoms. The molecule has 9 heteroatoms. The van der Waals surface area contributed by atoms with Crippen molar-refractivity contribution in [2.24, 2.45) is 0 Å². The smallest absolute Gasteiger partial charge is 0.338 e. The predicted octanol–water partition coefficient (Wildman–Crippen LogP) is 1.23. The van der Waals surface area contributed by atoms with Gasteiger partial charge in [0.15, 0.2) is 18.1 Å². The normalized spacial score (nSPS) is 14.4. The van der Waals surface area contributed by atoms with E-state index in [4.69, 9.17) is 18.9 Å². The van der Waals surface area contributed by atoms with Crippen LogP contribution in [-0.4, -0.2) is 43.7 Å². The van der Waals surface area contributed by atoms with Gasteiger partial charge in [0.05, 0.1) is 12.2 Å². The lowest BCUT2D eigenvalue weighted by molar-refractivity contribution is -0.135. The van der Waals surface area contributed by atoms with E-state index in [1.807, 2.05) is 6.92 Å². The second kappa shape index (κ2) is 9.45. The summed E-state index contributed by atoms with van der Waals surface area (Å²) < 4.78 is 21.2. The van der Waals surface area contributed by atoms with Crippen LogP contribution in [0.25, 0.3) is 0 Å². The summed E-state index contributed by atoms with van der Waals surface area (Å²) in [6.07, 6.45) is -0.920. The van der Waals surface area contributed by atoms with Gasteiger partial charge in [0.25, 0.3) is 11.8 Å². The van der Waals surface area contributed by atoms with Gasteiger partial charge >= 0.3 is 5.97 Å². The molecule has 1 aliphatic rings. The van der Waals surface area contributed by atoms with Crippen LogP contribution in [0.15, 0.2) is 48.5 Å². The lowest BCUT2D eigenvalue weighted by atomic mass is 10.2. The number of hydrazine groups is 1. The first kappa shape index (κ1) is 20.0. The number of rotatable bonds is 6. The van der Waals surface area contributed by atoms with E-state index < -0.39 is 30.5 Å². The maximum atomic E-state index is 12.1. The SMILES string of the molecule is CCOc1ccc(C(=O)OCC(=O)NNC(=O)[C@H]2COc3ccccc3O2)cc1. The third-order valence-corrected chi connectivity index (χ3v) is 3.86. The molecule has 152 valence electrons. The molecule has 0 bridgehead atoms. The highest BCUT2D eigenvalue weighted by Gasteiger charge is 2.27. The highest BCUT2D eigenvalue weighted by atomic mass is 16.6. The van der Waals surface area contributed by atoms with Crippen molar-refractivity contribution < 1.29 is 33.3 Å². The standard InChI is InChI=1S/C20H20N2O7/c1-2-26-14-9-7-13(8-10-14)20(25)28-12-18(23)21-22-19(24)17-11-27-15-5-3-4-6-16(15)29-17/h3-10,17H,2,11-12H2,1H3,(H,21,23)(H,22,24)/t17-/m1/s1. The lowest BCUT2D eigenvalue weighted by Crippen LogP contribution is -2.51. The molecule has 2 amide bonds. The first-order valence-electron chi connectivity index (χ1n) is 8.94. The van der Waals surface area contributed by atoms with Gasteiger partial charge in [-0.3, -0.25) is 20.4 Å². The minimum Gasteiger partial charge on any atom is -0.494 e. The lowest BCUT2D eigenvalue weighted by Gasteiger charge is -2.25. The van der Waals surface area contributed by atoms with Crippen LogP contribution in [-0.2, 0) is 14.3 Å². The first-order valence-corrected chi connectivity index (χ1v) is 8.94. The summed E-state index contributed by atoms with van der Waals surface area (Å²) in [5, 5.41) is 0. The molecule has 2 aromatic carbocycles. The third-order valence-electron chi connectivity index (χ3n) is 3.86. The summed E-state index contributed by atoms with van der Waals surface area (Å²) in [4.78, 5) is 35.9. The number of ether oxygens (including phenoxy) is 4. The van der Waals surface area contributed by atoms with E-state index >= 15 is 0 Å². The fourth-order valence-corrected chi connectivity index (χ4v) is 2.46. The maximum Gasteiger partial charge on any atom is 0.338 e. The Morgan fingerprint density at radius 3 is 2.48 bits per heavy atom. The van der Waals surface area contributed by atoms with E-state index in [9.17, 15) is 14.4 Å². The van der Waals surface area contributed by atoms with Crippen molar-refractivity contribution in [1.29, 1.82) is 0 Å². The molecule has 2 N–H and O–H groups in total. The Labute approximate surface area is 166 Å². The Kier molecular flexibility index (Phi) is 6.51. The van der Waals surface area contributed by atoms with Crippen molar-refractivity contribution >= 4 is 17.8 Å². The van der Waals surface area contributed by atoms with Crippen molar-refractivity contribution in [3.63, 3.8) is 0 Å². The molecule has 1 aliphatic heterocycles. The zero-order valence-corrected chi connectivity index (χ0v) is 15.7. The van der Waals surface area contributed by atoms with Gasteiger partial charge in [-0.1, -0.05) is 12.1 Å². The molecule has 0 radical (unpaired) electrons. The Morgan fingerprint density at radius 2 is 1.76 bits per heavy atom. The molecule has 0 aromatic heterocycles. The zero-order chi connectivity index (χ0) is 20.6. The summed E-state index contributed by atoms with van der Waals surface area (Å²) in [6.45, 7) is 1.81. The number of benzene rings is 2. The average Bonchev–Trinajstić information content (AvgIpc) is 2.76. The van der Waals surface area contributed by atoms with Gasteiger partial charge in [0, 0.05) is 0 Å². The molecular formula is C20H20N2O7. The first-order chi connectivity index (χ1) is 14.1. The van der Waals surface area contributed by atoms with Crippen molar-refractivity contribution in [2.45, 2.75) is 13.0 Å². The molecular weight excluding hydrogens is 380 g/mol.